The second-order valence-corrected chi connectivity index (χ2v) is 5.36. The van der Waals surface area contributed by atoms with Gasteiger partial charge in [-0.2, -0.15) is 4.98 Å². The number of carbonyl (C=O) groups is 1. The van der Waals surface area contributed by atoms with Crippen LogP contribution in [0.1, 0.15) is 31.5 Å². The van der Waals surface area contributed by atoms with Gasteiger partial charge in [0.25, 0.3) is 0 Å². The summed E-state index contributed by atoms with van der Waals surface area (Å²) < 4.78 is 5.07. The van der Waals surface area contributed by atoms with E-state index in [1.165, 1.54) is 0 Å². The molecule has 2 heterocycles. The minimum atomic E-state index is 0. The van der Waals surface area contributed by atoms with Crippen molar-refractivity contribution in [2.75, 3.05) is 27.2 Å². The lowest BCUT2D eigenvalue weighted by Crippen LogP contribution is -2.51. The first-order valence-electron chi connectivity index (χ1n) is 7.65. The highest BCUT2D eigenvalue weighted by Crippen LogP contribution is 2.09. The predicted molar refractivity (Wildman–Crippen MR) is 98.0 cm³/mol. The molecule has 23 heavy (non-hydrogen) atoms. The van der Waals surface area contributed by atoms with E-state index in [1.54, 1.807) is 11.9 Å². The quantitative estimate of drug-likeness (QED) is 0.399. The Balaban J connectivity index is 0.00000264. The van der Waals surface area contributed by atoms with Gasteiger partial charge in [-0.3, -0.25) is 9.79 Å². The predicted octanol–water partition coefficient (Wildman–Crippen LogP) is 0.578. The van der Waals surface area contributed by atoms with Crippen molar-refractivity contribution in [2.24, 2.45) is 4.99 Å². The van der Waals surface area contributed by atoms with Gasteiger partial charge in [-0.05, 0) is 6.42 Å². The third-order valence-electron chi connectivity index (χ3n) is 3.64. The van der Waals surface area contributed by atoms with E-state index in [-0.39, 0.29) is 35.9 Å². The smallest absolute Gasteiger partial charge is 0.226 e. The van der Waals surface area contributed by atoms with Crippen molar-refractivity contribution in [1.82, 2.24) is 25.7 Å². The molecule has 2 N–H and O–H groups in total. The number of aliphatic imine (C=N–C) groups is 1. The maximum absolute atomic E-state index is 11.5. The third-order valence-corrected chi connectivity index (χ3v) is 3.64. The van der Waals surface area contributed by atoms with Crippen LogP contribution in [0.25, 0.3) is 0 Å². The number of likely N-dealkylation sites (tertiary alicyclic amines) is 1. The van der Waals surface area contributed by atoms with Gasteiger partial charge in [0.15, 0.2) is 11.8 Å². The highest BCUT2D eigenvalue weighted by atomic mass is 127. The molecule has 1 amide bonds. The fraction of sp³-hybridized carbons (Fsp3) is 0.714. The van der Waals surface area contributed by atoms with Gasteiger partial charge in [-0.25, -0.2) is 0 Å². The molecule has 0 saturated carbocycles. The summed E-state index contributed by atoms with van der Waals surface area (Å²) in [5, 5.41) is 10.5. The molecule has 1 saturated heterocycles. The molecule has 130 valence electrons. The van der Waals surface area contributed by atoms with E-state index in [9.17, 15) is 4.79 Å². The molecule has 0 spiro atoms. The van der Waals surface area contributed by atoms with Crippen LogP contribution in [-0.2, 0) is 17.6 Å². The molecule has 9 heteroatoms. The minimum absolute atomic E-state index is 0. The van der Waals surface area contributed by atoms with E-state index in [0.29, 0.717) is 37.6 Å². The van der Waals surface area contributed by atoms with E-state index in [1.807, 2.05) is 14.0 Å². The first-order chi connectivity index (χ1) is 10.6. The summed E-state index contributed by atoms with van der Waals surface area (Å²) in [6.07, 6.45) is 2.83. The Kier molecular flexibility index (Phi) is 8.28. The van der Waals surface area contributed by atoms with E-state index >= 15 is 0 Å². The van der Waals surface area contributed by atoms with Crippen molar-refractivity contribution in [3.8, 4) is 0 Å². The van der Waals surface area contributed by atoms with E-state index in [4.69, 9.17) is 4.52 Å². The number of rotatable bonds is 5. The first kappa shape index (κ1) is 19.7. The van der Waals surface area contributed by atoms with Gasteiger partial charge in [0, 0.05) is 52.5 Å². The number of amides is 1. The molecule has 8 nitrogen and oxygen atoms in total. The van der Waals surface area contributed by atoms with Crippen molar-refractivity contribution in [3.63, 3.8) is 0 Å². The Hall–Kier alpha value is -1.39. The lowest BCUT2D eigenvalue weighted by Gasteiger charge is -2.31. The van der Waals surface area contributed by atoms with Gasteiger partial charge in [-0.15, -0.1) is 24.0 Å². The first-order valence-corrected chi connectivity index (χ1v) is 7.65. The summed E-state index contributed by atoms with van der Waals surface area (Å²) in [5.74, 6) is 2.28. The lowest BCUT2D eigenvalue weighted by atomic mass is 10.1. The number of hydrogen-bond donors (Lipinski definition) is 2. The van der Waals surface area contributed by atoms with Gasteiger partial charge in [0.2, 0.25) is 11.8 Å². The molecular weight excluding hydrogens is 411 g/mol. The Labute approximate surface area is 153 Å². The molecule has 1 aliphatic heterocycles. The van der Waals surface area contributed by atoms with E-state index in [0.717, 1.165) is 18.8 Å². The molecule has 0 aromatic carbocycles. The van der Waals surface area contributed by atoms with Crippen LogP contribution in [0.15, 0.2) is 9.52 Å². The number of carbonyl (C=O) groups excluding carboxylic acids is 1. The van der Waals surface area contributed by atoms with Gasteiger partial charge >= 0.3 is 0 Å². The van der Waals surface area contributed by atoms with Crippen LogP contribution in [0.4, 0.5) is 0 Å². The number of aryl methyl sites for hydroxylation is 1. The third kappa shape index (κ3) is 5.96. The Morgan fingerprint density at radius 2 is 2.30 bits per heavy atom. The largest absolute Gasteiger partial charge is 0.356 e. The van der Waals surface area contributed by atoms with Crippen molar-refractivity contribution >= 4 is 35.8 Å². The van der Waals surface area contributed by atoms with Gasteiger partial charge in [0.05, 0.1) is 0 Å². The Morgan fingerprint density at radius 1 is 1.52 bits per heavy atom. The molecule has 2 rings (SSSR count). The number of likely N-dealkylation sites (N-methyl/N-ethyl adjacent to an activating group) is 1. The molecule has 1 unspecified atom stereocenters. The zero-order valence-corrected chi connectivity index (χ0v) is 16.2. The maximum Gasteiger partial charge on any atom is 0.226 e. The maximum atomic E-state index is 11.5. The standard InChI is InChI=1S/C14H24N6O2.HI/c1-4-12-18-11(19-22-12)7-8-16-14(15-2)17-10-5-6-13(21)20(3)9-10;/h10H,4-9H2,1-3H3,(H2,15,16,17);1H. The van der Waals surface area contributed by atoms with Crippen LogP contribution in [0, 0.1) is 0 Å². The summed E-state index contributed by atoms with van der Waals surface area (Å²) in [4.78, 5) is 21.7. The average Bonchev–Trinajstić information content (AvgIpc) is 2.98. The molecule has 1 aromatic heterocycles. The van der Waals surface area contributed by atoms with Gasteiger partial charge in [-0.1, -0.05) is 12.1 Å². The Bertz CT molecular complexity index is 533. The molecule has 1 atom stereocenters. The number of aromatic nitrogens is 2. The van der Waals surface area contributed by atoms with Crippen LogP contribution in [0.5, 0.6) is 0 Å². The van der Waals surface area contributed by atoms with Gasteiger partial charge in [0.1, 0.15) is 0 Å². The second-order valence-electron chi connectivity index (χ2n) is 5.36. The summed E-state index contributed by atoms with van der Waals surface area (Å²) >= 11 is 0. The normalized spacial score (nSPS) is 18.6. The van der Waals surface area contributed by atoms with Crippen molar-refractivity contribution in [1.29, 1.82) is 0 Å². The van der Waals surface area contributed by atoms with Crippen LogP contribution in [0.2, 0.25) is 0 Å². The van der Waals surface area contributed by atoms with Crippen LogP contribution >= 0.6 is 24.0 Å². The molecule has 1 fully saturated rings. The summed E-state index contributed by atoms with van der Waals surface area (Å²) in [5.41, 5.74) is 0. The molecule has 0 radical (unpaired) electrons. The molecule has 0 aliphatic carbocycles. The molecule has 1 aromatic rings. The summed E-state index contributed by atoms with van der Waals surface area (Å²) in [7, 11) is 3.56. The minimum Gasteiger partial charge on any atom is -0.356 e. The van der Waals surface area contributed by atoms with Crippen LogP contribution in [-0.4, -0.2) is 60.1 Å². The second kappa shape index (κ2) is 9.68. The number of nitrogens with one attached hydrogen (secondary N) is 2. The number of guanidine groups is 1. The lowest BCUT2D eigenvalue weighted by molar-refractivity contribution is -0.132. The summed E-state index contributed by atoms with van der Waals surface area (Å²) in [6.45, 7) is 3.35. The van der Waals surface area contributed by atoms with Crippen LogP contribution < -0.4 is 10.6 Å². The average molecular weight is 436 g/mol. The van der Waals surface area contributed by atoms with Crippen LogP contribution in [0.3, 0.4) is 0 Å². The zero-order chi connectivity index (χ0) is 15.9. The zero-order valence-electron chi connectivity index (χ0n) is 13.8. The fourth-order valence-corrected chi connectivity index (χ4v) is 2.35. The SMILES string of the molecule is CCc1nc(CCNC(=NC)NC2CCC(=O)N(C)C2)no1.I. The summed E-state index contributed by atoms with van der Waals surface area (Å²) in [6, 6.07) is 0.228. The van der Waals surface area contributed by atoms with Crippen molar-refractivity contribution in [3.05, 3.63) is 11.7 Å². The van der Waals surface area contributed by atoms with E-state index in [2.05, 4.69) is 25.8 Å². The van der Waals surface area contributed by atoms with Gasteiger partial charge < -0.3 is 20.1 Å². The van der Waals surface area contributed by atoms with E-state index < -0.39 is 0 Å². The number of piperidine rings is 1. The molecular formula is C14H25IN6O2. The Morgan fingerprint density at radius 3 is 2.91 bits per heavy atom. The number of nitrogens with zero attached hydrogens (tertiary/aromatic N) is 4. The van der Waals surface area contributed by atoms with Crippen molar-refractivity contribution < 1.29 is 9.32 Å². The number of hydrogen-bond acceptors (Lipinski definition) is 5. The molecule has 0 bridgehead atoms. The topological polar surface area (TPSA) is 95.6 Å². The molecule has 1 aliphatic rings. The monoisotopic (exact) mass is 436 g/mol. The highest BCUT2D eigenvalue weighted by molar-refractivity contribution is 14.0. The number of halogens is 1. The van der Waals surface area contributed by atoms with Crippen molar-refractivity contribution in [2.45, 2.75) is 38.6 Å². The fourth-order valence-electron chi connectivity index (χ4n) is 2.35. The highest BCUT2D eigenvalue weighted by Gasteiger charge is 2.23.